The highest BCUT2D eigenvalue weighted by molar-refractivity contribution is 7.99. The van der Waals surface area contributed by atoms with Gasteiger partial charge in [0.2, 0.25) is 16.2 Å². The number of nitrogens with one attached hydrogen (secondary N) is 1. The van der Waals surface area contributed by atoms with Crippen LogP contribution in [0.15, 0.2) is 5.16 Å². The maximum absolute atomic E-state index is 12.0. The number of aliphatic hydroxyl groups excluding tert-OH is 1. The Hall–Kier alpha value is -0.740. The molecule has 118 valence electrons. The molecule has 1 atom stereocenters. The predicted octanol–water partition coefficient (Wildman–Crippen LogP) is 0.672. The molecule has 0 aromatic carbocycles. The Balaban J connectivity index is 1.77. The number of nitrogens with zero attached hydrogens (tertiary/aromatic N) is 3. The van der Waals surface area contributed by atoms with E-state index >= 15 is 0 Å². The average molecular weight is 332 g/mol. The summed E-state index contributed by atoms with van der Waals surface area (Å²) in [5.41, 5.74) is 0. The minimum atomic E-state index is -0.204. The molecule has 1 amide bonds. The largest absolute Gasteiger partial charge is 0.394 e. The fraction of sp³-hybridized carbons (Fsp3) is 0.750. The summed E-state index contributed by atoms with van der Waals surface area (Å²) < 4.78 is 9.54. The third kappa shape index (κ3) is 5.51. The van der Waals surface area contributed by atoms with Crippen LogP contribution in [-0.2, 0) is 9.53 Å². The zero-order chi connectivity index (χ0) is 15.1. The molecule has 0 saturated carbocycles. The Morgan fingerprint density at radius 3 is 3.29 bits per heavy atom. The van der Waals surface area contributed by atoms with Crippen LogP contribution < -0.4 is 5.32 Å². The van der Waals surface area contributed by atoms with Crippen molar-refractivity contribution in [3.05, 3.63) is 0 Å². The monoisotopic (exact) mass is 332 g/mol. The number of carbonyl (C=O) groups is 1. The molecule has 7 nitrogen and oxygen atoms in total. The zero-order valence-corrected chi connectivity index (χ0v) is 13.6. The summed E-state index contributed by atoms with van der Waals surface area (Å²) in [5.74, 6) is 0.859. The lowest BCUT2D eigenvalue weighted by molar-refractivity contribution is -0.120. The van der Waals surface area contributed by atoms with Gasteiger partial charge < -0.3 is 9.84 Å². The third-order valence-electron chi connectivity index (χ3n) is 2.88. The maximum atomic E-state index is 12.0. The van der Waals surface area contributed by atoms with Crippen LogP contribution in [0.2, 0.25) is 0 Å². The van der Waals surface area contributed by atoms with Crippen LogP contribution in [0.1, 0.15) is 13.3 Å². The summed E-state index contributed by atoms with van der Waals surface area (Å²) >= 11 is 2.79. The van der Waals surface area contributed by atoms with Crippen molar-refractivity contribution in [1.29, 1.82) is 0 Å². The number of hydrogen-bond donors (Lipinski definition) is 2. The van der Waals surface area contributed by atoms with Crippen LogP contribution in [0, 0.1) is 0 Å². The van der Waals surface area contributed by atoms with Gasteiger partial charge in [0.05, 0.1) is 25.9 Å². The number of aromatic nitrogens is 2. The summed E-state index contributed by atoms with van der Waals surface area (Å²) in [5, 5.41) is 13.1. The van der Waals surface area contributed by atoms with Gasteiger partial charge in [0.1, 0.15) is 0 Å². The summed E-state index contributed by atoms with van der Waals surface area (Å²) in [6, 6.07) is 0. The highest BCUT2D eigenvalue weighted by atomic mass is 32.2. The van der Waals surface area contributed by atoms with E-state index < -0.39 is 0 Å². The first-order valence-corrected chi connectivity index (χ1v) is 8.68. The van der Waals surface area contributed by atoms with Crippen molar-refractivity contribution in [2.75, 3.05) is 43.9 Å². The van der Waals surface area contributed by atoms with Gasteiger partial charge in [-0.3, -0.25) is 15.0 Å². The van der Waals surface area contributed by atoms with E-state index in [0.717, 1.165) is 12.2 Å². The second-order valence-corrected chi connectivity index (χ2v) is 6.50. The summed E-state index contributed by atoms with van der Waals surface area (Å²) in [7, 11) is 0. The minimum absolute atomic E-state index is 0.0213. The molecule has 21 heavy (non-hydrogen) atoms. The Kier molecular flexibility index (Phi) is 6.84. The Bertz CT molecular complexity index is 457. The van der Waals surface area contributed by atoms with Crippen molar-refractivity contribution in [3.8, 4) is 0 Å². The van der Waals surface area contributed by atoms with Crippen LogP contribution in [0.3, 0.4) is 0 Å². The standard InChI is InChI=1S/C12H20N4O3S2/c1-2-5-20-12-14-11(21-15-12)13-10(18)7-16-3-4-19-9(6-16)8-17/h9,17H,2-8H2,1H3,(H,13,14,15,18). The number of carbonyl (C=O) groups excluding carboxylic acids is 1. The number of aliphatic hydroxyl groups is 1. The van der Waals surface area contributed by atoms with Crippen molar-refractivity contribution in [3.63, 3.8) is 0 Å². The molecule has 0 bridgehead atoms. The number of hydrogen-bond acceptors (Lipinski definition) is 8. The predicted molar refractivity (Wildman–Crippen MR) is 82.8 cm³/mol. The summed E-state index contributed by atoms with van der Waals surface area (Å²) in [4.78, 5) is 18.2. The smallest absolute Gasteiger partial charge is 0.240 e. The van der Waals surface area contributed by atoms with E-state index in [0.29, 0.717) is 30.0 Å². The second-order valence-electron chi connectivity index (χ2n) is 4.69. The lowest BCUT2D eigenvalue weighted by atomic mass is 10.3. The molecule has 1 aromatic rings. The molecular formula is C12H20N4O3S2. The molecule has 2 N–H and O–H groups in total. The molecule has 0 aliphatic carbocycles. The van der Waals surface area contributed by atoms with Crippen LogP contribution in [0.4, 0.5) is 5.13 Å². The molecular weight excluding hydrogens is 312 g/mol. The quantitative estimate of drug-likeness (QED) is 0.710. The van der Waals surface area contributed by atoms with E-state index in [-0.39, 0.29) is 25.2 Å². The Morgan fingerprint density at radius 2 is 2.52 bits per heavy atom. The van der Waals surface area contributed by atoms with E-state index in [1.165, 1.54) is 11.5 Å². The van der Waals surface area contributed by atoms with Gasteiger partial charge in [-0.25, -0.2) is 0 Å². The highest BCUT2D eigenvalue weighted by Crippen LogP contribution is 2.20. The number of rotatable bonds is 7. The zero-order valence-electron chi connectivity index (χ0n) is 11.9. The number of anilines is 1. The van der Waals surface area contributed by atoms with Crippen molar-refractivity contribution in [2.24, 2.45) is 0 Å². The van der Waals surface area contributed by atoms with Crippen LogP contribution in [0.25, 0.3) is 0 Å². The van der Waals surface area contributed by atoms with Crippen molar-refractivity contribution in [1.82, 2.24) is 14.3 Å². The van der Waals surface area contributed by atoms with Crippen molar-refractivity contribution < 1.29 is 14.6 Å². The number of ether oxygens (including phenoxy) is 1. The van der Waals surface area contributed by atoms with Gasteiger partial charge in [0.15, 0.2) is 0 Å². The molecule has 1 fully saturated rings. The molecule has 1 aromatic heterocycles. The second kappa shape index (κ2) is 8.64. The van der Waals surface area contributed by atoms with E-state index in [1.54, 1.807) is 11.8 Å². The first-order valence-electron chi connectivity index (χ1n) is 6.92. The van der Waals surface area contributed by atoms with Gasteiger partial charge in [-0.1, -0.05) is 18.7 Å². The first kappa shape index (κ1) is 16.6. The summed E-state index contributed by atoms with van der Waals surface area (Å²) in [6.45, 7) is 4.15. The molecule has 1 saturated heterocycles. The van der Waals surface area contributed by atoms with E-state index in [1.807, 2.05) is 4.90 Å². The molecule has 1 aliphatic rings. The third-order valence-corrected chi connectivity index (χ3v) is 4.68. The van der Waals surface area contributed by atoms with Crippen molar-refractivity contribution in [2.45, 2.75) is 24.6 Å². The molecule has 0 radical (unpaired) electrons. The topological polar surface area (TPSA) is 87.6 Å². The van der Waals surface area contributed by atoms with Gasteiger partial charge in [-0.2, -0.15) is 9.36 Å². The molecule has 2 rings (SSSR count). The molecule has 2 heterocycles. The number of amides is 1. The van der Waals surface area contributed by atoms with Gasteiger partial charge >= 0.3 is 0 Å². The van der Waals surface area contributed by atoms with Crippen LogP contribution in [0.5, 0.6) is 0 Å². The lowest BCUT2D eigenvalue weighted by Gasteiger charge is -2.31. The molecule has 9 heteroatoms. The molecule has 1 aliphatic heterocycles. The fourth-order valence-electron chi connectivity index (χ4n) is 1.91. The van der Waals surface area contributed by atoms with Gasteiger partial charge in [0, 0.05) is 30.4 Å². The Morgan fingerprint density at radius 1 is 1.67 bits per heavy atom. The van der Waals surface area contributed by atoms with Gasteiger partial charge in [-0.15, -0.1) is 0 Å². The van der Waals surface area contributed by atoms with Gasteiger partial charge in [0.25, 0.3) is 0 Å². The number of morpholine rings is 1. The van der Waals surface area contributed by atoms with Crippen molar-refractivity contribution >= 4 is 34.3 Å². The Labute approximate surface area is 132 Å². The SMILES string of the molecule is CCCSc1nsc(NC(=O)CN2CCOC(CO)C2)n1. The number of thioether (sulfide) groups is 1. The minimum Gasteiger partial charge on any atom is -0.394 e. The normalized spacial score (nSPS) is 19.6. The van der Waals surface area contributed by atoms with E-state index in [4.69, 9.17) is 9.84 Å². The highest BCUT2D eigenvalue weighted by Gasteiger charge is 2.21. The van der Waals surface area contributed by atoms with Crippen LogP contribution in [-0.4, -0.2) is 70.0 Å². The average Bonchev–Trinajstić information content (AvgIpc) is 2.92. The van der Waals surface area contributed by atoms with E-state index in [2.05, 4.69) is 21.6 Å². The van der Waals surface area contributed by atoms with Crippen LogP contribution >= 0.6 is 23.3 Å². The van der Waals surface area contributed by atoms with E-state index in [9.17, 15) is 4.79 Å². The first-order chi connectivity index (χ1) is 10.2. The summed E-state index contributed by atoms with van der Waals surface area (Å²) in [6.07, 6.45) is 0.861. The lowest BCUT2D eigenvalue weighted by Crippen LogP contribution is -2.46. The molecule has 1 unspecified atom stereocenters. The maximum Gasteiger partial charge on any atom is 0.240 e. The van der Waals surface area contributed by atoms with Gasteiger partial charge in [-0.05, 0) is 6.42 Å². The fourth-order valence-corrected chi connectivity index (χ4v) is 3.32. The molecule has 0 spiro atoms.